The van der Waals surface area contributed by atoms with Gasteiger partial charge in [0, 0.05) is 75.1 Å². The highest BCUT2D eigenvalue weighted by Crippen LogP contribution is 2.44. The summed E-state index contributed by atoms with van der Waals surface area (Å²) in [7, 11) is 0. The normalized spacial score (nSPS) is 12.0. The Morgan fingerprint density at radius 3 is 0.824 bits per heavy atom. The molecule has 0 fully saturated rings. The van der Waals surface area contributed by atoms with E-state index in [-0.39, 0.29) is 130 Å². The van der Waals surface area contributed by atoms with Crippen LogP contribution in [-0.4, -0.2) is 146 Å². The minimum atomic E-state index is -0.567. The Morgan fingerprint density at radius 1 is 0.294 bits per heavy atom. The van der Waals surface area contributed by atoms with Crippen molar-refractivity contribution >= 4 is 95.5 Å². The number of halogens is 4. The molecule has 0 unspecified atom stereocenters. The molecule has 0 aromatic heterocycles. The summed E-state index contributed by atoms with van der Waals surface area (Å²) in [4.78, 5) is 55.1. The smallest absolute Gasteiger partial charge is 0.200 e. The Labute approximate surface area is 419 Å². The van der Waals surface area contributed by atoms with Gasteiger partial charge >= 0.3 is 0 Å². The zero-order valence-corrected chi connectivity index (χ0v) is 40.6. The van der Waals surface area contributed by atoms with Gasteiger partial charge in [-0.15, -0.1) is 49.6 Å². The predicted octanol–water partition coefficient (Wildman–Crippen LogP) is 4.00. The number of aromatic hydroxyl groups is 4. The average Bonchev–Trinajstić information content (AvgIpc) is 3.28. The molecular weight excluding hydrogens is 966 g/mol. The van der Waals surface area contributed by atoms with Crippen molar-refractivity contribution in [3.05, 3.63) is 93.0 Å². The molecule has 18 nitrogen and oxygen atoms in total. The summed E-state index contributed by atoms with van der Waals surface area (Å²) < 4.78 is 0. The molecule has 0 heterocycles. The highest BCUT2D eigenvalue weighted by molar-refractivity contribution is 6.34. The third-order valence-corrected chi connectivity index (χ3v) is 11.0. The molecule has 2 aliphatic rings. The van der Waals surface area contributed by atoms with Crippen LogP contribution in [-0.2, 0) is 0 Å². The zero-order valence-electron chi connectivity index (χ0n) is 37.3. The van der Waals surface area contributed by atoms with E-state index in [0.29, 0.717) is 88.2 Å². The molecule has 22 heteroatoms. The van der Waals surface area contributed by atoms with E-state index in [4.69, 9.17) is 10.2 Å². The van der Waals surface area contributed by atoms with E-state index in [1.165, 1.54) is 24.3 Å². The van der Waals surface area contributed by atoms with Gasteiger partial charge in [0.15, 0.2) is 0 Å². The number of hydrogen-bond acceptors (Lipinski definition) is 18. The van der Waals surface area contributed by atoms with Crippen LogP contribution in [0.2, 0.25) is 0 Å². The van der Waals surface area contributed by atoms with Gasteiger partial charge in [0.1, 0.15) is 23.0 Å². The summed E-state index contributed by atoms with van der Waals surface area (Å²) in [5, 5.41) is 86.1. The minimum absolute atomic E-state index is 0. The van der Waals surface area contributed by atoms with E-state index in [2.05, 4.69) is 42.5 Å². The summed E-state index contributed by atoms with van der Waals surface area (Å²) in [6.07, 6.45) is 3.32. The maximum atomic E-state index is 13.8. The highest BCUT2D eigenvalue weighted by atomic mass is 35.5. The van der Waals surface area contributed by atoms with E-state index in [0.717, 1.165) is 38.8 Å². The Hall–Kier alpha value is -5.12. The fourth-order valence-electron chi connectivity index (χ4n) is 7.92. The number of rotatable bonds is 27. The molecule has 0 radical (unpaired) electrons. The van der Waals surface area contributed by atoms with Crippen LogP contribution in [0.25, 0.3) is 0 Å². The number of aliphatic hydroxyl groups excluding tert-OH is 2. The molecule has 0 atom stereocenters. The fourth-order valence-corrected chi connectivity index (χ4v) is 7.92. The Kier molecular flexibility index (Phi) is 25.2. The van der Waals surface area contributed by atoms with Crippen molar-refractivity contribution in [2.24, 2.45) is 0 Å². The first kappa shape index (κ1) is 59.0. The first-order valence-electron chi connectivity index (χ1n) is 21.7. The number of fused-ring (bicyclic) bond motifs is 4. The number of ketones is 4. The number of unbranched alkanes of at least 4 members (excludes halogenated alkanes) is 1. The van der Waals surface area contributed by atoms with E-state index in [9.17, 15) is 39.6 Å². The molecule has 0 spiro atoms. The van der Waals surface area contributed by atoms with Crippen LogP contribution in [0.15, 0.2) is 48.5 Å². The van der Waals surface area contributed by atoms with Crippen LogP contribution in [0.1, 0.15) is 89.4 Å². The van der Waals surface area contributed by atoms with Crippen LogP contribution in [0.3, 0.4) is 0 Å². The molecule has 374 valence electrons. The molecule has 0 saturated heterocycles. The SMILES string of the molecule is Cl.Cl.Cl.Cl.O=C1c2c(O)ccc(O)c2C(=O)c2c(NCCNCCO)ccc(NCCCNCCCCNCCCNc3ccc(NCCNCCO)c4c3C(=O)c3c(O)ccc(O)c3C4=O)c21. The van der Waals surface area contributed by atoms with Crippen molar-refractivity contribution in [2.75, 3.05) is 113 Å². The molecule has 4 aromatic rings. The minimum Gasteiger partial charge on any atom is -0.507 e. The van der Waals surface area contributed by atoms with Crippen molar-refractivity contribution in [3.8, 4) is 23.0 Å². The summed E-state index contributed by atoms with van der Waals surface area (Å²) in [5.41, 5.74) is 1.35. The second-order valence-electron chi connectivity index (χ2n) is 15.4. The van der Waals surface area contributed by atoms with Gasteiger partial charge in [0.05, 0.1) is 57.7 Å². The van der Waals surface area contributed by atoms with Gasteiger partial charge in [0.2, 0.25) is 23.1 Å². The average molecular weight is 1030 g/mol. The van der Waals surface area contributed by atoms with E-state index in [1.807, 2.05) is 0 Å². The summed E-state index contributed by atoms with van der Waals surface area (Å²) >= 11 is 0. The maximum absolute atomic E-state index is 13.8. The third-order valence-electron chi connectivity index (χ3n) is 11.0. The van der Waals surface area contributed by atoms with Crippen LogP contribution in [0, 0.1) is 0 Å². The predicted molar refractivity (Wildman–Crippen MR) is 273 cm³/mol. The van der Waals surface area contributed by atoms with Crippen molar-refractivity contribution in [1.29, 1.82) is 0 Å². The number of hydrogen-bond donors (Lipinski definition) is 14. The van der Waals surface area contributed by atoms with Gasteiger partial charge in [0.25, 0.3) is 0 Å². The van der Waals surface area contributed by atoms with Crippen LogP contribution in [0.4, 0.5) is 22.7 Å². The lowest BCUT2D eigenvalue weighted by atomic mass is 9.81. The topological polar surface area (TPSA) is 286 Å². The van der Waals surface area contributed by atoms with Gasteiger partial charge in [-0.3, -0.25) is 19.2 Å². The van der Waals surface area contributed by atoms with Crippen LogP contribution >= 0.6 is 49.6 Å². The lowest BCUT2D eigenvalue weighted by molar-refractivity contribution is 0.0975. The van der Waals surface area contributed by atoms with Crippen molar-refractivity contribution < 1.29 is 49.8 Å². The van der Waals surface area contributed by atoms with Gasteiger partial charge in [-0.25, -0.2) is 0 Å². The zero-order chi connectivity index (χ0) is 45.6. The van der Waals surface area contributed by atoms with E-state index in [1.54, 1.807) is 24.3 Å². The molecule has 6 rings (SSSR count). The molecular formula is C46H62Cl4N8O10. The molecule has 68 heavy (non-hydrogen) atoms. The number of aliphatic hydroxyl groups is 2. The van der Waals surface area contributed by atoms with Gasteiger partial charge in [-0.05, 0) is 100 Å². The van der Waals surface area contributed by atoms with Crippen LogP contribution in [0.5, 0.6) is 23.0 Å². The quantitative estimate of drug-likeness (QED) is 0.0256. The van der Waals surface area contributed by atoms with Crippen molar-refractivity contribution in [3.63, 3.8) is 0 Å². The summed E-state index contributed by atoms with van der Waals surface area (Å²) in [6.45, 7) is 6.66. The van der Waals surface area contributed by atoms with Crippen molar-refractivity contribution in [2.45, 2.75) is 25.7 Å². The second kappa shape index (κ2) is 29.0. The number of phenolic OH excluding ortho intramolecular Hbond substituents is 4. The number of anilines is 4. The molecule has 14 N–H and O–H groups in total. The molecule has 0 aliphatic heterocycles. The monoisotopic (exact) mass is 1030 g/mol. The van der Waals surface area contributed by atoms with Crippen LogP contribution < -0.4 is 42.5 Å². The van der Waals surface area contributed by atoms with E-state index < -0.39 is 23.1 Å². The number of phenols is 4. The Bertz CT molecular complexity index is 2200. The largest absolute Gasteiger partial charge is 0.507 e. The van der Waals surface area contributed by atoms with E-state index >= 15 is 0 Å². The lowest BCUT2D eigenvalue weighted by Crippen LogP contribution is -2.28. The molecule has 4 aromatic carbocycles. The fraction of sp³-hybridized carbons (Fsp3) is 0.391. The number of benzene rings is 4. The number of carbonyl (C=O) groups excluding carboxylic acids is 4. The first-order valence-corrected chi connectivity index (χ1v) is 21.7. The Morgan fingerprint density at radius 2 is 0.544 bits per heavy atom. The Balaban J connectivity index is 0.00000397. The molecule has 2 aliphatic carbocycles. The standard InChI is InChI=1S/C46H58N8O10.4ClH/c55-25-23-49-19-21-53-29-7-5-27(35-37(29)45(63)41-33(59)11-9-31(57)39(41)43(35)61)51-17-3-15-47-13-1-2-14-48-16-4-18-52-28-6-8-30(54-22-20-50-24-26-56)38-36(28)44(62)40-32(58)10-12-34(60)42(40)46(38)64;;;;/h5-12,47-60H,1-4,13-26H2;4*1H. The lowest BCUT2D eigenvalue weighted by Gasteiger charge is -2.25. The molecule has 0 amide bonds. The number of carbonyl (C=O) groups is 4. The molecule has 0 bridgehead atoms. The maximum Gasteiger partial charge on any atom is 0.200 e. The van der Waals surface area contributed by atoms with Gasteiger partial charge < -0.3 is 73.2 Å². The first-order chi connectivity index (χ1) is 31.1. The van der Waals surface area contributed by atoms with Crippen molar-refractivity contribution in [1.82, 2.24) is 21.3 Å². The number of nitrogens with one attached hydrogen (secondary N) is 8. The molecule has 0 saturated carbocycles. The second-order valence-corrected chi connectivity index (χ2v) is 15.4. The highest BCUT2D eigenvalue weighted by Gasteiger charge is 2.39. The summed E-state index contributed by atoms with van der Waals surface area (Å²) in [5.74, 6) is -3.79. The third kappa shape index (κ3) is 13.8. The van der Waals surface area contributed by atoms with Gasteiger partial charge in [-0.1, -0.05) is 0 Å². The van der Waals surface area contributed by atoms with Gasteiger partial charge in [-0.2, -0.15) is 0 Å². The summed E-state index contributed by atoms with van der Waals surface area (Å²) in [6, 6.07) is 11.6.